The van der Waals surface area contributed by atoms with E-state index in [2.05, 4.69) is 0 Å². The molecule has 0 saturated heterocycles. The second kappa shape index (κ2) is 7.78. The third-order valence-corrected chi connectivity index (χ3v) is 5.96. The number of methoxy groups -OCH3 is 2. The van der Waals surface area contributed by atoms with Gasteiger partial charge in [0.05, 0.1) is 42.1 Å². The van der Waals surface area contributed by atoms with Crippen LogP contribution in [0.1, 0.15) is 17.0 Å². The number of β-amino-alcohol motifs (C(OH)–C–C–N with tert-alkyl or cyclic N) is 1. The van der Waals surface area contributed by atoms with E-state index in [0.717, 1.165) is 22.5 Å². The summed E-state index contributed by atoms with van der Waals surface area (Å²) < 4.78 is 16.3. The van der Waals surface area contributed by atoms with Gasteiger partial charge >= 0.3 is 5.97 Å². The number of ether oxygens (including phenoxy) is 3. The van der Waals surface area contributed by atoms with Crippen molar-refractivity contribution in [3.63, 3.8) is 0 Å². The highest BCUT2D eigenvalue weighted by molar-refractivity contribution is 6.42. The number of rotatable bonds is 5. The number of hydrogen-bond donors (Lipinski definition) is 1. The molecule has 2 aromatic rings. The molecule has 1 unspecified atom stereocenters. The first-order valence-corrected chi connectivity index (χ1v) is 9.75. The quantitative estimate of drug-likeness (QED) is 0.720. The molecule has 1 N–H and O–H groups in total. The fraction of sp³-hybridized carbons (Fsp3) is 0.286. The van der Waals surface area contributed by atoms with Crippen molar-refractivity contribution in [1.82, 2.24) is 0 Å². The van der Waals surface area contributed by atoms with Crippen LogP contribution in [-0.4, -0.2) is 45.1 Å². The fourth-order valence-electron chi connectivity index (χ4n) is 3.96. The van der Waals surface area contributed by atoms with Crippen molar-refractivity contribution in [3.05, 3.63) is 62.8 Å². The minimum absolute atomic E-state index is 0.0871. The molecule has 8 heteroatoms. The van der Waals surface area contributed by atoms with E-state index in [1.807, 2.05) is 23.1 Å². The second-order valence-electron chi connectivity index (χ2n) is 6.68. The van der Waals surface area contributed by atoms with Gasteiger partial charge in [0.2, 0.25) is 0 Å². The van der Waals surface area contributed by atoms with E-state index in [1.54, 1.807) is 26.4 Å². The molecule has 29 heavy (non-hydrogen) atoms. The lowest BCUT2D eigenvalue weighted by Gasteiger charge is -2.36. The summed E-state index contributed by atoms with van der Waals surface area (Å²) in [6, 6.07) is 9.01. The standard InChI is InChI=1S/C21H19Cl2NO5/c1-27-17-8-12-15(9-18(17)28-2)24(5-6-25)16-10-29-21(26)20(16)19(12)11-3-4-13(22)14(23)7-11/h3-4,7-9,19,25H,5-6,10H2,1-2H3. The largest absolute Gasteiger partial charge is 0.493 e. The minimum atomic E-state index is -0.417. The number of cyclic esters (lactones) is 1. The molecular formula is C21H19Cl2NO5. The van der Waals surface area contributed by atoms with Gasteiger partial charge < -0.3 is 24.2 Å². The maximum Gasteiger partial charge on any atom is 0.337 e. The van der Waals surface area contributed by atoms with Crippen LogP contribution in [0.3, 0.4) is 0 Å². The highest BCUT2D eigenvalue weighted by Crippen LogP contribution is 2.50. The Labute approximate surface area is 178 Å². The molecule has 1 atom stereocenters. The van der Waals surface area contributed by atoms with Crippen molar-refractivity contribution >= 4 is 34.9 Å². The van der Waals surface area contributed by atoms with Crippen molar-refractivity contribution in [2.45, 2.75) is 5.92 Å². The van der Waals surface area contributed by atoms with Crippen molar-refractivity contribution < 1.29 is 24.1 Å². The Morgan fingerprint density at radius 2 is 1.86 bits per heavy atom. The SMILES string of the molecule is COc1cc2c(cc1OC)N(CCO)C1=C(C(=O)OC1)C2c1ccc(Cl)c(Cl)c1. The number of hydrogen-bond acceptors (Lipinski definition) is 6. The summed E-state index contributed by atoms with van der Waals surface area (Å²) in [5, 5.41) is 10.5. The number of aliphatic hydroxyl groups excluding tert-OH is 1. The Hall–Kier alpha value is -2.41. The predicted octanol–water partition coefficient (Wildman–Crippen LogP) is 3.77. The number of carbonyl (C=O) groups excluding carboxylic acids is 1. The number of benzene rings is 2. The molecule has 2 aliphatic rings. The van der Waals surface area contributed by atoms with E-state index >= 15 is 0 Å². The molecule has 2 heterocycles. The van der Waals surface area contributed by atoms with Crippen LogP contribution in [0.25, 0.3) is 0 Å². The Balaban J connectivity index is 2.00. The highest BCUT2D eigenvalue weighted by atomic mass is 35.5. The summed E-state index contributed by atoms with van der Waals surface area (Å²) in [4.78, 5) is 14.6. The second-order valence-corrected chi connectivity index (χ2v) is 7.50. The lowest BCUT2D eigenvalue weighted by atomic mass is 9.80. The average molecular weight is 436 g/mol. The Morgan fingerprint density at radius 1 is 1.14 bits per heavy atom. The molecule has 0 saturated carbocycles. The molecule has 2 aromatic carbocycles. The zero-order chi connectivity index (χ0) is 20.7. The number of nitrogens with zero attached hydrogens (tertiary/aromatic N) is 1. The lowest BCUT2D eigenvalue weighted by molar-refractivity contribution is -0.136. The van der Waals surface area contributed by atoms with E-state index in [4.69, 9.17) is 37.4 Å². The van der Waals surface area contributed by atoms with Crippen LogP contribution in [0.15, 0.2) is 41.6 Å². The summed E-state index contributed by atoms with van der Waals surface area (Å²) in [6.45, 7) is 0.363. The molecule has 0 fully saturated rings. The highest BCUT2D eigenvalue weighted by Gasteiger charge is 2.42. The normalized spacial score (nSPS) is 17.8. The van der Waals surface area contributed by atoms with E-state index in [9.17, 15) is 9.90 Å². The molecule has 0 bridgehead atoms. The smallest absolute Gasteiger partial charge is 0.337 e. The van der Waals surface area contributed by atoms with E-state index in [0.29, 0.717) is 33.7 Å². The lowest BCUT2D eigenvalue weighted by Crippen LogP contribution is -2.33. The first kappa shape index (κ1) is 19.9. The van der Waals surface area contributed by atoms with Crippen LogP contribution in [0.2, 0.25) is 10.0 Å². The van der Waals surface area contributed by atoms with Crippen molar-refractivity contribution in [2.24, 2.45) is 0 Å². The molecule has 2 aliphatic heterocycles. The van der Waals surface area contributed by atoms with Crippen LogP contribution in [0, 0.1) is 0 Å². The maximum atomic E-state index is 12.7. The number of fused-ring (bicyclic) bond motifs is 1. The number of carbonyl (C=O) groups is 1. The van der Waals surface area contributed by atoms with Crippen molar-refractivity contribution in [1.29, 1.82) is 0 Å². The van der Waals surface area contributed by atoms with Crippen LogP contribution in [-0.2, 0) is 9.53 Å². The zero-order valence-electron chi connectivity index (χ0n) is 15.9. The molecule has 4 rings (SSSR count). The van der Waals surface area contributed by atoms with Crippen LogP contribution in [0.4, 0.5) is 5.69 Å². The third-order valence-electron chi connectivity index (χ3n) is 5.22. The average Bonchev–Trinajstić information content (AvgIpc) is 3.10. The molecule has 0 aromatic heterocycles. The first-order chi connectivity index (χ1) is 14.0. The van der Waals surface area contributed by atoms with Crippen LogP contribution < -0.4 is 14.4 Å². The fourth-order valence-corrected chi connectivity index (χ4v) is 4.26. The van der Waals surface area contributed by atoms with Gasteiger partial charge in [-0.2, -0.15) is 0 Å². The van der Waals surface area contributed by atoms with Gasteiger partial charge in [-0.15, -0.1) is 0 Å². The summed E-state index contributed by atoms with van der Waals surface area (Å²) in [5.74, 6) is 0.283. The molecule has 0 spiro atoms. The number of aliphatic hydroxyl groups is 1. The summed E-state index contributed by atoms with van der Waals surface area (Å²) in [7, 11) is 3.12. The molecular weight excluding hydrogens is 417 g/mol. The molecule has 152 valence electrons. The molecule has 0 amide bonds. The summed E-state index contributed by atoms with van der Waals surface area (Å²) in [5.41, 5.74) is 3.69. The minimum Gasteiger partial charge on any atom is -0.493 e. The van der Waals surface area contributed by atoms with E-state index in [1.165, 1.54) is 0 Å². The summed E-state index contributed by atoms with van der Waals surface area (Å²) in [6.07, 6.45) is 0. The van der Waals surface area contributed by atoms with Crippen molar-refractivity contribution in [3.8, 4) is 11.5 Å². The predicted molar refractivity (Wildman–Crippen MR) is 110 cm³/mol. The van der Waals surface area contributed by atoms with Crippen molar-refractivity contribution in [2.75, 3.05) is 38.9 Å². The van der Waals surface area contributed by atoms with Gasteiger partial charge in [0.1, 0.15) is 6.61 Å². The molecule has 0 radical (unpaired) electrons. The van der Waals surface area contributed by atoms with Gasteiger partial charge in [0, 0.05) is 24.2 Å². The van der Waals surface area contributed by atoms with E-state index in [-0.39, 0.29) is 19.2 Å². The topological polar surface area (TPSA) is 68.2 Å². The van der Waals surface area contributed by atoms with Gasteiger partial charge in [-0.1, -0.05) is 29.3 Å². The van der Waals surface area contributed by atoms with Crippen LogP contribution in [0.5, 0.6) is 11.5 Å². The number of halogens is 2. The third kappa shape index (κ3) is 3.21. The Morgan fingerprint density at radius 3 is 2.52 bits per heavy atom. The Kier molecular flexibility index (Phi) is 5.34. The zero-order valence-corrected chi connectivity index (χ0v) is 17.4. The maximum absolute atomic E-state index is 12.7. The van der Waals surface area contributed by atoms with E-state index < -0.39 is 5.92 Å². The first-order valence-electron chi connectivity index (χ1n) is 8.99. The van der Waals surface area contributed by atoms with Gasteiger partial charge in [-0.3, -0.25) is 0 Å². The summed E-state index contributed by atoms with van der Waals surface area (Å²) >= 11 is 12.4. The molecule has 0 aliphatic carbocycles. The number of esters is 1. The molecule has 6 nitrogen and oxygen atoms in total. The monoisotopic (exact) mass is 435 g/mol. The van der Waals surface area contributed by atoms with Gasteiger partial charge in [0.25, 0.3) is 0 Å². The van der Waals surface area contributed by atoms with Gasteiger partial charge in [-0.25, -0.2) is 4.79 Å². The van der Waals surface area contributed by atoms with Gasteiger partial charge in [0.15, 0.2) is 11.5 Å². The van der Waals surface area contributed by atoms with Gasteiger partial charge in [-0.05, 0) is 29.3 Å². The van der Waals surface area contributed by atoms with Crippen LogP contribution >= 0.6 is 23.2 Å². The Bertz CT molecular complexity index is 1020. The number of anilines is 1.